The van der Waals surface area contributed by atoms with Gasteiger partial charge in [0.15, 0.2) is 0 Å². The second-order valence-electron chi connectivity index (χ2n) is 6.18. The van der Waals surface area contributed by atoms with Crippen LogP contribution in [0.5, 0.6) is 5.75 Å². The fourth-order valence-corrected chi connectivity index (χ4v) is 3.01. The zero-order chi connectivity index (χ0) is 16.8. The third-order valence-corrected chi connectivity index (χ3v) is 4.43. The van der Waals surface area contributed by atoms with Gasteiger partial charge in [-0.1, -0.05) is 0 Å². The highest BCUT2D eigenvalue weighted by Crippen LogP contribution is 2.42. The van der Waals surface area contributed by atoms with Crippen LogP contribution in [-0.2, 0) is 18.3 Å². The van der Waals surface area contributed by atoms with E-state index in [1.165, 1.54) is 0 Å². The van der Waals surface area contributed by atoms with Gasteiger partial charge in [-0.15, -0.1) is 0 Å². The normalized spacial score (nSPS) is 21.2. The van der Waals surface area contributed by atoms with Gasteiger partial charge < -0.3 is 15.2 Å². The first-order valence-electron chi connectivity index (χ1n) is 7.82. The lowest BCUT2D eigenvalue weighted by Gasteiger charge is -2.09. The predicted molar refractivity (Wildman–Crippen MR) is 88.3 cm³/mol. The Kier molecular flexibility index (Phi) is 3.38. The van der Waals surface area contributed by atoms with Gasteiger partial charge in [0.1, 0.15) is 11.6 Å². The molecular formula is C17H18N4O3. The molecule has 0 bridgehead atoms. The van der Waals surface area contributed by atoms with Crippen LogP contribution in [0.2, 0.25) is 0 Å². The van der Waals surface area contributed by atoms with E-state index in [-0.39, 0.29) is 11.8 Å². The van der Waals surface area contributed by atoms with E-state index in [9.17, 15) is 9.90 Å². The van der Waals surface area contributed by atoms with Crippen molar-refractivity contribution in [1.82, 2.24) is 15.1 Å². The highest BCUT2D eigenvalue weighted by atomic mass is 16.5. The summed E-state index contributed by atoms with van der Waals surface area (Å²) >= 11 is 0. The highest BCUT2D eigenvalue weighted by Gasteiger charge is 2.42. The number of methoxy groups -OCH3 is 1. The van der Waals surface area contributed by atoms with E-state index in [1.54, 1.807) is 18.0 Å². The van der Waals surface area contributed by atoms with Gasteiger partial charge in [0.25, 0.3) is 0 Å². The van der Waals surface area contributed by atoms with E-state index in [2.05, 4.69) is 15.4 Å². The van der Waals surface area contributed by atoms with Gasteiger partial charge in [0, 0.05) is 36.4 Å². The fraction of sp³-hybridized carbons (Fsp3) is 0.353. The lowest BCUT2D eigenvalue weighted by molar-refractivity contribution is -0.121. The quantitative estimate of drug-likeness (QED) is 0.886. The summed E-state index contributed by atoms with van der Waals surface area (Å²) in [6, 6.07) is 3.86. The molecule has 0 radical (unpaired) electrons. The van der Waals surface area contributed by atoms with Crippen molar-refractivity contribution in [3.63, 3.8) is 0 Å². The lowest BCUT2D eigenvalue weighted by atomic mass is 10.0. The second kappa shape index (κ2) is 5.45. The number of nitrogens with one attached hydrogen (secondary N) is 1. The highest BCUT2D eigenvalue weighted by molar-refractivity contribution is 6.06. The van der Waals surface area contributed by atoms with Crippen molar-refractivity contribution in [1.29, 1.82) is 0 Å². The van der Waals surface area contributed by atoms with Crippen LogP contribution in [0.3, 0.4) is 0 Å². The van der Waals surface area contributed by atoms with Crippen LogP contribution in [-0.4, -0.2) is 39.8 Å². The summed E-state index contributed by atoms with van der Waals surface area (Å²) in [5.41, 5.74) is 3.67. The van der Waals surface area contributed by atoms with Gasteiger partial charge >= 0.3 is 0 Å². The number of hydrogen-bond donors (Lipinski definition) is 2. The molecule has 1 aromatic heterocycles. The van der Waals surface area contributed by atoms with E-state index in [1.807, 2.05) is 25.4 Å². The summed E-state index contributed by atoms with van der Waals surface area (Å²) in [6.07, 6.45) is 4.22. The first-order valence-corrected chi connectivity index (χ1v) is 7.82. The average molecular weight is 326 g/mol. The van der Waals surface area contributed by atoms with Crippen molar-refractivity contribution in [3.8, 4) is 16.9 Å². The van der Waals surface area contributed by atoms with Gasteiger partial charge in [0.2, 0.25) is 5.91 Å². The number of aliphatic imine (C=N–C) groups is 1. The van der Waals surface area contributed by atoms with Gasteiger partial charge in [-0.2, -0.15) is 5.10 Å². The minimum absolute atomic E-state index is 0.170. The van der Waals surface area contributed by atoms with Crippen molar-refractivity contribution in [3.05, 3.63) is 30.1 Å². The second-order valence-corrected chi connectivity index (χ2v) is 6.18. The van der Waals surface area contributed by atoms with Gasteiger partial charge in [-0.25, -0.2) is 4.99 Å². The van der Waals surface area contributed by atoms with Crippen LogP contribution in [0, 0.1) is 5.92 Å². The van der Waals surface area contributed by atoms with Crippen molar-refractivity contribution >= 4 is 17.4 Å². The van der Waals surface area contributed by atoms with Gasteiger partial charge in [-0.3, -0.25) is 9.48 Å². The standard InChI is InChI=1S/C17H18N4O3/c1-21-8-9(7-18-21)10-3-4-14(24-2)12-6-15(19-16(10)12)20-17(23)11-5-13(11)22/h3-4,7-8,11,13,22H,5-6H2,1-2H3,(H,19,20,23)/t11-,13+/m1/s1. The first-order chi connectivity index (χ1) is 11.6. The minimum Gasteiger partial charge on any atom is -0.496 e. The van der Waals surface area contributed by atoms with Crippen LogP contribution in [0.25, 0.3) is 11.1 Å². The molecule has 7 heteroatoms. The zero-order valence-electron chi connectivity index (χ0n) is 13.5. The number of aliphatic hydroxyl groups excluding tert-OH is 1. The molecule has 1 saturated carbocycles. The molecule has 0 unspecified atom stereocenters. The van der Waals surface area contributed by atoms with E-state index in [4.69, 9.17) is 4.74 Å². The molecule has 1 aliphatic carbocycles. The molecule has 1 aromatic carbocycles. The summed E-state index contributed by atoms with van der Waals surface area (Å²) in [6.45, 7) is 0. The molecule has 124 valence electrons. The van der Waals surface area contributed by atoms with Crippen molar-refractivity contribution < 1.29 is 14.6 Å². The number of aromatic nitrogens is 2. The van der Waals surface area contributed by atoms with Crippen LogP contribution in [0.15, 0.2) is 29.5 Å². The molecule has 1 aliphatic heterocycles. The van der Waals surface area contributed by atoms with Crippen molar-refractivity contribution in [2.45, 2.75) is 18.9 Å². The third kappa shape index (κ3) is 2.46. The van der Waals surface area contributed by atoms with E-state index in [0.29, 0.717) is 18.7 Å². The van der Waals surface area contributed by atoms with Crippen LogP contribution < -0.4 is 10.1 Å². The van der Waals surface area contributed by atoms with E-state index < -0.39 is 6.10 Å². The Morgan fingerprint density at radius 1 is 1.46 bits per heavy atom. The molecule has 0 spiro atoms. The molecule has 24 heavy (non-hydrogen) atoms. The monoisotopic (exact) mass is 326 g/mol. The Labute approximate surface area is 139 Å². The van der Waals surface area contributed by atoms with Crippen LogP contribution in [0.4, 0.5) is 5.69 Å². The Hall–Kier alpha value is -2.67. The number of rotatable bonds is 3. The third-order valence-electron chi connectivity index (χ3n) is 4.43. The fourth-order valence-electron chi connectivity index (χ4n) is 3.01. The van der Waals surface area contributed by atoms with E-state index in [0.717, 1.165) is 28.1 Å². The Bertz CT molecular complexity index is 856. The molecule has 2 aliphatic rings. The molecule has 7 nitrogen and oxygen atoms in total. The Balaban J connectivity index is 1.68. The number of aliphatic hydroxyl groups is 1. The molecule has 2 aromatic rings. The number of hydrogen-bond acceptors (Lipinski definition) is 5. The number of amides is 1. The summed E-state index contributed by atoms with van der Waals surface area (Å²) in [5, 5.41) is 16.4. The number of amidine groups is 1. The van der Waals surface area contributed by atoms with Gasteiger partial charge in [0.05, 0.1) is 31.0 Å². The number of carbonyl (C=O) groups is 1. The molecule has 2 N–H and O–H groups in total. The zero-order valence-corrected chi connectivity index (χ0v) is 13.5. The molecular weight excluding hydrogens is 308 g/mol. The maximum atomic E-state index is 12.0. The molecule has 0 saturated heterocycles. The van der Waals surface area contributed by atoms with Crippen molar-refractivity contribution in [2.75, 3.05) is 7.11 Å². The number of ether oxygens (including phenoxy) is 1. The summed E-state index contributed by atoms with van der Waals surface area (Å²) in [5.74, 6) is 0.855. The van der Waals surface area contributed by atoms with Crippen LogP contribution in [0.1, 0.15) is 12.0 Å². The van der Waals surface area contributed by atoms with Crippen molar-refractivity contribution in [2.24, 2.45) is 18.0 Å². The number of aryl methyl sites for hydroxylation is 1. The molecule has 1 amide bonds. The lowest BCUT2D eigenvalue weighted by Crippen LogP contribution is -2.32. The number of nitrogens with zero attached hydrogens (tertiary/aromatic N) is 3. The smallest absolute Gasteiger partial charge is 0.231 e. The summed E-state index contributed by atoms with van der Waals surface area (Å²) in [4.78, 5) is 16.6. The average Bonchev–Trinajstić information content (AvgIpc) is 2.95. The predicted octanol–water partition coefficient (Wildman–Crippen LogP) is 1.18. The molecule has 2 atom stereocenters. The SMILES string of the molecule is COc1ccc(-c2cnn(C)c2)c2c1CC(NC(=O)[C@@H]1C[C@@H]1O)=N2. The minimum atomic E-state index is -0.519. The first kappa shape index (κ1) is 14.9. The number of fused-ring (bicyclic) bond motifs is 1. The molecule has 1 fully saturated rings. The van der Waals surface area contributed by atoms with Gasteiger partial charge in [-0.05, 0) is 18.6 Å². The maximum Gasteiger partial charge on any atom is 0.231 e. The Morgan fingerprint density at radius 2 is 2.25 bits per heavy atom. The molecule has 4 rings (SSSR count). The number of carbonyl (C=O) groups excluding carboxylic acids is 1. The maximum absolute atomic E-state index is 12.0. The van der Waals surface area contributed by atoms with Crippen LogP contribution >= 0.6 is 0 Å². The Morgan fingerprint density at radius 3 is 2.88 bits per heavy atom. The molecule has 2 heterocycles. The summed E-state index contributed by atoms with van der Waals surface area (Å²) < 4.78 is 7.17. The number of benzene rings is 1. The topological polar surface area (TPSA) is 88.7 Å². The summed E-state index contributed by atoms with van der Waals surface area (Å²) in [7, 11) is 3.49. The van der Waals surface area contributed by atoms with E-state index >= 15 is 0 Å². The largest absolute Gasteiger partial charge is 0.496 e.